The SMILES string of the molecule is CC(=O)Oc1ccccc1C(=O)O[C@H]1CC[C@]2(C)C3=C(CCC2C1(C)C)[C@]1(C)CC[C@H]([C@H](C)CCC=C(C)C)[C@@]1(C)CC3. The molecular formula is C39H56O4. The maximum atomic E-state index is 13.4. The van der Waals surface area contributed by atoms with E-state index in [9.17, 15) is 9.59 Å². The first kappa shape index (κ1) is 32.0. The lowest BCUT2D eigenvalue weighted by Crippen LogP contribution is -2.55. The smallest absolute Gasteiger partial charge is 0.342 e. The first-order valence-electron chi connectivity index (χ1n) is 17.0. The molecule has 0 bridgehead atoms. The topological polar surface area (TPSA) is 52.6 Å². The molecule has 1 aromatic rings. The van der Waals surface area contributed by atoms with E-state index in [4.69, 9.17) is 9.47 Å². The van der Waals surface area contributed by atoms with E-state index in [1.54, 1.807) is 35.4 Å². The Hall–Kier alpha value is -2.36. The van der Waals surface area contributed by atoms with Crippen molar-refractivity contribution in [3.63, 3.8) is 0 Å². The van der Waals surface area contributed by atoms with Crippen molar-refractivity contribution < 1.29 is 19.1 Å². The van der Waals surface area contributed by atoms with Gasteiger partial charge in [0.1, 0.15) is 17.4 Å². The van der Waals surface area contributed by atoms with Crippen LogP contribution in [-0.4, -0.2) is 18.0 Å². The fourth-order valence-corrected chi connectivity index (χ4v) is 10.7. The standard InChI is InChI=1S/C39H56O4/c1-25(2)13-12-14-26(3)29-19-23-39(9)31-17-18-33-36(5,6)34(21-22-37(33,7)30(31)20-24-38(29,39)8)43-35(41)28-15-10-11-16-32(28)42-27(4)40/h10-11,13,15-16,26,29,33-34H,12,14,17-24H2,1-9H3/t26-,29-,33?,34+,37-,38-,39+/m1/s1. The molecule has 0 radical (unpaired) electrons. The van der Waals surface area contributed by atoms with Crippen LogP contribution in [0, 0.1) is 39.4 Å². The van der Waals surface area contributed by atoms with E-state index in [2.05, 4.69) is 61.5 Å². The summed E-state index contributed by atoms with van der Waals surface area (Å²) in [6, 6.07) is 6.91. The Balaban J connectivity index is 1.37. The highest BCUT2D eigenvalue weighted by atomic mass is 16.6. The molecule has 5 rings (SSSR count). The largest absolute Gasteiger partial charge is 0.458 e. The van der Waals surface area contributed by atoms with Crippen LogP contribution in [-0.2, 0) is 9.53 Å². The minimum absolute atomic E-state index is 0.146. The average molecular weight is 589 g/mol. The molecule has 4 aliphatic carbocycles. The molecule has 1 aromatic carbocycles. The monoisotopic (exact) mass is 588 g/mol. The number of carbonyl (C=O) groups is 2. The second kappa shape index (κ2) is 11.5. The van der Waals surface area contributed by atoms with E-state index in [-0.39, 0.29) is 28.1 Å². The number of para-hydroxylation sites is 1. The molecule has 0 N–H and O–H groups in total. The minimum Gasteiger partial charge on any atom is -0.458 e. The van der Waals surface area contributed by atoms with Gasteiger partial charge in [0.25, 0.3) is 0 Å². The quantitative estimate of drug-likeness (QED) is 0.181. The molecule has 0 saturated heterocycles. The maximum Gasteiger partial charge on any atom is 0.342 e. The summed E-state index contributed by atoms with van der Waals surface area (Å²) < 4.78 is 11.6. The fourth-order valence-electron chi connectivity index (χ4n) is 10.7. The van der Waals surface area contributed by atoms with Gasteiger partial charge in [0.05, 0.1) is 0 Å². The molecule has 7 atom stereocenters. The van der Waals surface area contributed by atoms with Gasteiger partial charge in [-0.2, -0.15) is 0 Å². The molecule has 0 heterocycles. The highest BCUT2D eigenvalue weighted by Gasteiger charge is 2.63. The van der Waals surface area contributed by atoms with E-state index < -0.39 is 11.9 Å². The summed E-state index contributed by atoms with van der Waals surface area (Å²) in [4.78, 5) is 25.1. The van der Waals surface area contributed by atoms with E-state index in [1.165, 1.54) is 57.4 Å². The molecule has 0 aliphatic heterocycles. The lowest BCUT2D eigenvalue weighted by atomic mass is 9.43. The molecule has 2 saturated carbocycles. The molecule has 2 fully saturated rings. The number of allylic oxidation sites excluding steroid dienone is 4. The van der Waals surface area contributed by atoms with Gasteiger partial charge >= 0.3 is 11.9 Å². The van der Waals surface area contributed by atoms with Crippen molar-refractivity contribution in [2.75, 3.05) is 0 Å². The van der Waals surface area contributed by atoms with Crippen LogP contribution >= 0.6 is 0 Å². The summed E-state index contributed by atoms with van der Waals surface area (Å²) in [5.41, 5.74) is 5.98. The fraction of sp³-hybridized carbons (Fsp3) is 0.692. The number of fused-ring (bicyclic) bond motifs is 4. The van der Waals surface area contributed by atoms with E-state index in [0.717, 1.165) is 31.1 Å². The predicted molar refractivity (Wildman–Crippen MR) is 174 cm³/mol. The predicted octanol–water partition coefficient (Wildman–Crippen LogP) is 10.3. The Morgan fingerprint density at radius 1 is 0.930 bits per heavy atom. The second-order valence-corrected chi connectivity index (χ2v) is 16.0. The van der Waals surface area contributed by atoms with Crippen LogP contribution in [0.1, 0.15) is 137 Å². The van der Waals surface area contributed by atoms with Crippen molar-refractivity contribution in [1.82, 2.24) is 0 Å². The number of hydrogen-bond donors (Lipinski definition) is 0. The minimum atomic E-state index is -0.440. The van der Waals surface area contributed by atoms with Crippen LogP contribution in [0.5, 0.6) is 5.75 Å². The van der Waals surface area contributed by atoms with Gasteiger partial charge in [-0.25, -0.2) is 4.79 Å². The first-order chi connectivity index (χ1) is 20.1. The van der Waals surface area contributed by atoms with Crippen molar-refractivity contribution in [1.29, 1.82) is 0 Å². The first-order valence-corrected chi connectivity index (χ1v) is 17.0. The molecule has 236 valence electrons. The van der Waals surface area contributed by atoms with Gasteiger partial charge in [0.15, 0.2) is 0 Å². The van der Waals surface area contributed by atoms with Gasteiger partial charge in [-0.05, 0) is 124 Å². The number of esters is 2. The Morgan fingerprint density at radius 3 is 2.35 bits per heavy atom. The number of benzene rings is 1. The Bertz CT molecular complexity index is 1310. The van der Waals surface area contributed by atoms with Crippen LogP contribution in [0.3, 0.4) is 0 Å². The Morgan fingerprint density at radius 2 is 1.65 bits per heavy atom. The number of carbonyl (C=O) groups excluding carboxylic acids is 2. The van der Waals surface area contributed by atoms with Gasteiger partial charge < -0.3 is 9.47 Å². The number of rotatable bonds is 7. The lowest BCUT2D eigenvalue weighted by molar-refractivity contribution is -0.131. The summed E-state index contributed by atoms with van der Waals surface area (Å²) in [5, 5.41) is 0. The summed E-state index contributed by atoms with van der Waals surface area (Å²) in [5.74, 6) is 1.44. The highest BCUT2D eigenvalue weighted by Crippen LogP contribution is 2.72. The van der Waals surface area contributed by atoms with Crippen LogP contribution in [0.25, 0.3) is 0 Å². The molecule has 0 aromatic heterocycles. The number of hydrogen-bond acceptors (Lipinski definition) is 4. The van der Waals surface area contributed by atoms with Crippen molar-refractivity contribution in [3.05, 3.63) is 52.6 Å². The third-order valence-electron chi connectivity index (χ3n) is 13.2. The van der Waals surface area contributed by atoms with Crippen LogP contribution in [0.4, 0.5) is 0 Å². The van der Waals surface area contributed by atoms with Crippen molar-refractivity contribution >= 4 is 11.9 Å². The van der Waals surface area contributed by atoms with Crippen molar-refractivity contribution in [2.45, 2.75) is 133 Å². The summed E-state index contributed by atoms with van der Waals surface area (Å²) in [6.07, 6.45) is 14.2. The molecular weight excluding hydrogens is 532 g/mol. The molecule has 0 spiro atoms. The summed E-state index contributed by atoms with van der Waals surface area (Å²) >= 11 is 0. The Kier molecular flexibility index (Phi) is 8.59. The summed E-state index contributed by atoms with van der Waals surface area (Å²) in [6.45, 7) is 20.8. The van der Waals surface area contributed by atoms with Crippen LogP contribution in [0.15, 0.2) is 47.1 Å². The van der Waals surface area contributed by atoms with Crippen LogP contribution < -0.4 is 4.74 Å². The molecule has 43 heavy (non-hydrogen) atoms. The molecule has 1 unspecified atom stereocenters. The van der Waals surface area contributed by atoms with Gasteiger partial charge in [0, 0.05) is 12.3 Å². The molecule has 4 heteroatoms. The van der Waals surface area contributed by atoms with Gasteiger partial charge in [-0.1, -0.05) is 76.5 Å². The van der Waals surface area contributed by atoms with Crippen molar-refractivity contribution in [2.24, 2.45) is 39.4 Å². The van der Waals surface area contributed by atoms with Crippen LogP contribution in [0.2, 0.25) is 0 Å². The average Bonchev–Trinajstić information content (AvgIpc) is 3.21. The molecule has 0 amide bonds. The van der Waals surface area contributed by atoms with E-state index in [1.807, 2.05) is 0 Å². The third kappa shape index (κ3) is 5.33. The maximum absolute atomic E-state index is 13.4. The van der Waals surface area contributed by atoms with Gasteiger partial charge in [-0.3, -0.25) is 4.79 Å². The zero-order valence-electron chi connectivity index (χ0n) is 28.4. The van der Waals surface area contributed by atoms with Crippen molar-refractivity contribution in [3.8, 4) is 5.75 Å². The summed E-state index contributed by atoms with van der Waals surface area (Å²) in [7, 11) is 0. The zero-order chi connectivity index (χ0) is 31.4. The second-order valence-electron chi connectivity index (χ2n) is 16.0. The highest BCUT2D eigenvalue weighted by molar-refractivity contribution is 5.93. The normalized spacial score (nSPS) is 35.2. The number of ether oxygens (including phenoxy) is 2. The zero-order valence-corrected chi connectivity index (χ0v) is 28.4. The van der Waals surface area contributed by atoms with E-state index in [0.29, 0.717) is 16.9 Å². The van der Waals surface area contributed by atoms with Gasteiger partial charge in [-0.15, -0.1) is 0 Å². The Labute approximate surface area is 261 Å². The molecule has 4 aliphatic rings. The lowest BCUT2D eigenvalue weighted by Gasteiger charge is -2.62. The van der Waals surface area contributed by atoms with Gasteiger partial charge in [0.2, 0.25) is 0 Å². The molecule has 4 nitrogen and oxygen atoms in total. The van der Waals surface area contributed by atoms with E-state index >= 15 is 0 Å². The third-order valence-corrected chi connectivity index (χ3v) is 13.2.